The van der Waals surface area contributed by atoms with E-state index < -0.39 is 17.7 Å². The molecule has 1 amide bonds. The lowest BCUT2D eigenvalue weighted by Gasteiger charge is -2.23. The second-order valence-electron chi connectivity index (χ2n) is 7.23. The van der Waals surface area contributed by atoms with Crippen molar-refractivity contribution >= 4 is 49.8 Å². The predicted molar refractivity (Wildman–Crippen MR) is 122 cm³/mol. The number of aliphatic hydroxyl groups is 1. The highest BCUT2D eigenvalue weighted by Crippen LogP contribution is 2.44. The number of aryl methyl sites for hydroxylation is 3. The van der Waals surface area contributed by atoms with E-state index in [0.717, 1.165) is 20.6 Å². The van der Waals surface area contributed by atoms with Crippen LogP contribution < -0.4 is 4.90 Å². The van der Waals surface area contributed by atoms with E-state index in [0.29, 0.717) is 16.3 Å². The largest absolute Gasteiger partial charge is 0.507 e. The first-order valence-corrected chi connectivity index (χ1v) is 11.0. The van der Waals surface area contributed by atoms with Gasteiger partial charge in [0, 0.05) is 14.9 Å². The van der Waals surface area contributed by atoms with Crippen LogP contribution in [-0.4, -0.2) is 21.8 Å². The monoisotopic (exact) mass is 482 g/mol. The average molecular weight is 483 g/mol. The Morgan fingerprint density at radius 3 is 2.40 bits per heavy atom. The number of Topliss-reactive ketones (excluding diaryl/α,β-unsaturated/α-hetero) is 1. The molecule has 1 unspecified atom stereocenters. The summed E-state index contributed by atoms with van der Waals surface area (Å²) in [7, 11) is 0. The Bertz CT molecular complexity index is 1180. The van der Waals surface area contributed by atoms with E-state index in [1.165, 1.54) is 16.2 Å². The van der Waals surface area contributed by atoms with Crippen LogP contribution in [0.3, 0.4) is 0 Å². The summed E-state index contributed by atoms with van der Waals surface area (Å²) < 4.78 is 0.812. The van der Waals surface area contributed by atoms with Crippen molar-refractivity contribution in [3.05, 3.63) is 85.8 Å². The Labute approximate surface area is 186 Å². The topological polar surface area (TPSA) is 70.5 Å². The van der Waals surface area contributed by atoms with Gasteiger partial charge in [0.1, 0.15) is 5.76 Å². The molecule has 152 valence electrons. The lowest BCUT2D eigenvalue weighted by molar-refractivity contribution is -0.132. The number of aliphatic hydroxyl groups excluding tert-OH is 1. The minimum absolute atomic E-state index is 0.0625. The van der Waals surface area contributed by atoms with Gasteiger partial charge in [0.15, 0.2) is 5.13 Å². The first-order chi connectivity index (χ1) is 14.3. The van der Waals surface area contributed by atoms with Gasteiger partial charge in [-0.15, -0.1) is 11.3 Å². The number of anilines is 1. The van der Waals surface area contributed by atoms with E-state index in [1.807, 2.05) is 57.2 Å². The maximum absolute atomic E-state index is 13.1. The van der Waals surface area contributed by atoms with Gasteiger partial charge in [0.25, 0.3) is 5.78 Å². The number of aromatic nitrogens is 1. The molecule has 0 aliphatic carbocycles. The van der Waals surface area contributed by atoms with Gasteiger partial charge in [-0.1, -0.05) is 57.9 Å². The van der Waals surface area contributed by atoms with Gasteiger partial charge in [-0.25, -0.2) is 4.98 Å². The quantitative estimate of drug-likeness (QED) is 0.305. The van der Waals surface area contributed by atoms with Crippen molar-refractivity contribution in [2.75, 3.05) is 4.90 Å². The zero-order valence-electron chi connectivity index (χ0n) is 16.6. The molecule has 0 saturated carbocycles. The van der Waals surface area contributed by atoms with Crippen LogP contribution in [0.1, 0.15) is 33.3 Å². The highest BCUT2D eigenvalue weighted by molar-refractivity contribution is 9.10. The highest BCUT2D eigenvalue weighted by atomic mass is 79.9. The third-order valence-electron chi connectivity index (χ3n) is 5.16. The molecule has 1 saturated heterocycles. The molecule has 3 aromatic rings. The lowest BCUT2D eigenvalue weighted by Crippen LogP contribution is -2.29. The van der Waals surface area contributed by atoms with Crippen molar-refractivity contribution < 1.29 is 14.7 Å². The normalized spacial score (nSPS) is 18.3. The van der Waals surface area contributed by atoms with Crippen molar-refractivity contribution in [1.82, 2.24) is 4.98 Å². The first kappa shape index (κ1) is 20.5. The van der Waals surface area contributed by atoms with Crippen LogP contribution in [0.2, 0.25) is 0 Å². The second kappa shape index (κ2) is 7.81. The molecule has 0 spiro atoms. The molecule has 1 aliphatic heterocycles. The fourth-order valence-electron chi connectivity index (χ4n) is 3.45. The van der Waals surface area contributed by atoms with Gasteiger partial charge in [-0.2, -0.15) is 0 Å². The third-order valence-corrected chi connectivity index (χ3v) is 6.72. The average Bonchev–Trinajstić information content (AvgIpc) is 3.18. The van der Waals surface area contributed by atoms with Gasteiger partial charge in [0.2, 0.25) is 0 Å². The number of ketones is 1. The molecule has 4 rings (SSSR count). The standard InChI is InChI=1S/C23H19BrN2O3S/c1-12-7-9-15(10-8-12)20(27)18-19(16-5-4-6-17(24)11-16)26(22(29)21(18)28)23-25-13(2)14(3)30-23/h4-11,19,27H,1-3H3. The molecule has 1 aromatic heterocycles. The predicted octanol–water partition coefficient (Wildman–Crippen LogP) is 5.46. The molecule has 1 aliphatic rings. The number of amides is 1. The number of halogens is 1. The maximum atomic E-state index is 13.1. The van der Waals surface area contributed by atoms with E-state index in [1.54, 1.807) is 12.1 Å². The lowest BCUT2D eigenvalue weighted by atomic mass is 9.95. The Morgan fingerprint density at radius 1 is 1.10 bits per heavy atom. The summed E-state index contributed by atoms with van der Waals surface area (Å²) in [4.78, 5) is 33.0. The zero-order chi connectivity index (χ0) is 21.6. The summed E-state index contributed by atoms with van der Waals surface area (Å²) in [6.45, 7) is 5.73. The summed E-state index contributed by atoms with van der Waals surface area (Å²) in [5.41, 5.74) is 3.10. The van der Waals surface area contributed by atoms with Gasteiger partial charge in [-0.05, 0) is 38.5 Å². The Hall–Kier alpha value is -2.77. The number of carbonyl (C=O) groups is 2. The van der Waals surface area contributed by atoms with E-state index in [-0.39, 0.29) is 11.3 Å². The Morgan fingerprint density at radius 2 is 1.80 bits per heavy atom. The number of nitrogens with zero attached hydrogens (tertiary/aromatic N) is 2. The summed E-state index contributed by atoms with van der Waals surface area (Å²) in [6.07, 6.45) is 0. The Balaban J connectivity index is 1.96. The summed E-state index contributed by atoms with van der Waals surface area (Å²) in [5, 5.41) is 11.5. The minimum atomic E-state index is -0.770. The van der Waals surface area contributed by atoms with Crippen molar-refractivity contribution in [3.63, 3.8) is 0 Å². The number of hydrogen-bond donors (Lipinski definition) is 1. The number of carbonyl (C=O) groups excluding carboxylic acids is 2. The van der Waals surface area contributed by atoms with Crippen molar-refractivity contribution in [2.45, 2.75) is 26.8 Å². The van der Waals surface area contributed by atoms with Gasteiger partial charge in [-0.3, -0.25) is 14.5 Å². The van der Waals surface area contributed by atoms with Gasteiger partial charge < -0.3 is 5.11 Å². The van der Waals surface area contributed by atoms with Crippen LogP contribution in [0.25, 0.3) is 5.76 Å². The minimum Gasteiger partial charge on any atom is -0.507 e. The maximum Gasteiger partial charge on any atom is 0.301 e. The van der Waals surface area contributed by atoms with E-state index in [9.17, 15) is 14.7 Å². The number of thiazole rings is 1. The molecule has 1 N–H and O–H groups in total. The summed E-state index contributed by atoms with van der Waals surface area (Å²) >= 11 is 4.82. The fourth-order valence-corrected chi connectivity index (χ4v) is 4.80. The second-order valence-corrected chi connectivity index (χ2v) is 9.33. The Kier molecular flexibility index (Phi) is 5.34. The van der Waals surface area contributed by atoms with Crippen LogP contribution in [0, 0.1) is 20.8 Å². The number of rotatable bonds is 3. The van der Waals surface area contributed by atoms with Crippen LogP contribution in [0.5, 0.6) is 0 Å². The van der Waals surface area contributed by atoms with E-state index >= 15 is 0 Å². The molecule has 2 heterocycles. The zero-order valence-corrected chi connectivity index (χ0v) is 19.0. The molecule has 2 aromatic carbocycles. The van der Waals surface area contributed by atoms with Crippen LogP contribution in [0.15, 0.2) is 58.6 Å². The van der Waals surface area contributed by atoms with Gasteiger partial charge >= 0.3 is 5.91 Å². The molecule has 30 heavy (non-hydrogen) atoms. The first-order valence-electron chi connectivity index (χ1n) is 9.35. The van der Waals surface area contributed by atoms with E-state index in [2.05, 4.69) is 20.9 Å². The molecule has 7 heteroatoms. The summed E-state index contributed by atoms with van der Waals surface area (Å²) in [6, 6.07) is 13.8. The van der Waals surface area contributed by atoms with Crippen molar-refractivity contribution in [2.24, 2.45) is 0 Å². The van der Waals surface area contributed by atoms with Crippen molar-refractivity contribution in [3.8, 4) is 0 Å². The SMILES string of the molecule is Cc1ccc(C(O)=C2C(=O)C(=O)N(c3nc(C)c(C)s3)C2c2cccc(Br)c2)cc1. The fraction of sp³-hybridized carbons (Fsp3) is 0.174. The molecule has 1 fully saturated rings. The molecular formula is C23H19BrN2O3S. The van der Waals surface area contributed by atoms with E-state index in [4.69, 9.17) is 0 Å². The highest BCUT2D eigenvalue weighted by Gasteiger charge is 2.48. The molecule has 0 radical (unpaired) electrons. The van der Waals surface area contributed by atoms with Gasteiger partial charge in [0.05, 0.1) is 17.3 Å². The molecule has 1 atom stereocenters. The third kappa shape index (κ3) is 3.48. The van der Waals surface area contributed by atoms with Crippen LogP contribution in [-0.2, 0) is 9.59 Å². The number of benzene rings is 2. The number of hydrogen-bond acceptors (Lipinski definition) is 5. The molecule has 5 nitrogen and oxygen atoms in total. The molecular weight excluding hydrogens is 464 g/mol. The van der Waals surface area contributed by atoms with Crippen molar-refractivity contribution in [1.29, 1.82) is 0 Å². The summed E-state index contributed by atoms with van der Waals surface area (Å²) in [5.74, 6) is -1.60. The van der Waals surface area contributed by atoms with Crippen LogP contribution >= 0.6 is 27.3 Å². The van der Waals surface area contributed by atoms with Crippen LogP contribution in [0.4, 0.5) is 5.13 Å². The molecule has 0 bridgehead atoms. The smallest absolute Gasteiger partial charge is 0.301 e.